The van der Waals surface area contributed by atoms with Crippen LogP contribution in [0.2, 0.25) is 0 Å². The van der Waals surface area contributed by atoms with E-state index < -0.39 is 0 Å². The maximum Gasteiger partial charge on any atom is 0.0927 e. The van der Waals surface area contributed by atoms with Gasteiger partial charge < -0.3 is 4.74 Å². The highest BCUT2D eigenvalue weighted by Gasteiger charge is 2.04. The molecule has 0 heterocycles. The zero-order valence-corrected chi connectivity index (χ0v) is 7.42. The monoisotopic (exact) mass is 156 g/mol. The van der Waals surface area contributed by atoms with Crippen LogP contribution in [-0.4, -0.2) is 25.3 Å². The van der Waals surface area contributed by atoms with E-state index in [9.17, 15) is 0 Å². The van der Waals surface area contributed by atoms with Gasteiger partial charge >= 0.3 is 0 Å². The van der Waals surface area contributed by atoms with Gasteiger partial charge in [0.25, 0.3) is 0 Å². The Morgan fingerprint density at radius 2 is 2.18 bits per heavy atom. The summed E-state index contributed by atoms with van der Waals surface area (Å²) in [5, 5.41) is 11.5. The topological polar surface area (TPSA) is 45.0 Å². The largest absolute Gasteiger partial charge is 0.380 e. The van der Waals surface area contributed by atoms with Crippen molar-refractivity contribution in [3.05, 3.63) is 0 Å². The van der Waals surface area contributed by atoms with Crippen molar-refractivity contribution < 1.29 is 4.74 Å². The van der Waals surface area contributed by atoms with Gasteiger partial charge in [-0.25, -0.2) is 0 Å². The van der Waals surface area contributed by atoms with E-state index in [1.807, 2.05) is 20.8 Å². The van der Waals surface area contributed by atoms with Crippen LogP contribution >= 0.6 is 0 Å². The second kappa shape index (κ2) is 6.14. The molecule has 0 aliphatic carbocycles. The Hall–Kier alpha value is -0.590. The summed E-state index contributed by atoms with van der Waals surface area (Å²) in [6, 6.07) is 2.27. The maximum absolute atomic E-state index is 8.46. The normalized spacial score (nSPS) is 15.5. The molecule has 0 aromatic carbocycles. The zero-order chi connectivity index (χ0) is 8.69. The number of nitriles is 1. The fraction of sp³-hybridized carbons (Fsp3) is 0.875. The number of nitrogens with one attached hydrogen (secondary N) is 1. The minimum atomic E-state index is -0.0922. The van der Waals surface area contributed by atoms with Gasteiger partial charge in [0, 0.05) is 12.6 Å². The summed E-state index contributed by atoms with van der Waals surface area (Å²) in [6.07, 6.45) is 0. The molecule has 0 amide bonds. The van der Waals surface area contributed by atoms with Gasteiger partial charge in [-0.1, -0.05) is 0 Å². The third-order valence-corrected chi connectivity index (χ3v) is 1.30. The Kier molecular flexibility index (Phi) is 5.81. The van der Waals surface area contributed by atoms with Crippen LogP contribution in [0, 0.1) is 11.3 Å². The number of hydrogen-bond donors (Lipinski definition) is 1. The third-order valence-electron chi connectivity index (χ3n) is 1.30. The van der Waals surface area contributed by atoms with Crippen LogP contribution in [0.1, 0.15) is 20.8 Å². The Bertz CT molecular complexity index is 131. The molecule has 11 heavy (non-hydrogen) atoms. The highest BCUT2D eigenvalue weighted by Crippen LogP contribution is 1.87. The standard InChI is InChI=1S/C8H16N2O/c1-4-11-6-8(3)10-7(2)5-9/h7-8,10H,4,6H2,1-3H3. The molecular weight excluding hydrogens is 140 g/mol. The lowest BCUT2D eigenvalue weighted by Gasteiger charge is -2.14. The van der Waals surface area contributed by atoms with Crippen LogP contribution in [0.15, 0.2) is 0 Å². The molecule has 0 saturated carbocycles. The molecule has 0 aromatic heterocycles. The van der Waals surface area contributed by atoms with Gasteiger partial charge in [-0.2, -0.15) is 5.26 Å². The molecule has 0 aliphatic heterocycles. The van der Waals surface area contributed by atoms with Crippen molar-refractivity contribution in [1.29, 1.82) is 5.26 Å². The molecule has 1 N–H and O–H groups in total. The first kappa shape index (κ1) is 10.4. The van der Waals surface area contributed by atoms with E-state index in [1.165, 1.54) is 0 Å². The van der Waals surface area contributed by atoms with E-state index in [2.05, 4.69) is 11.4 Å². The molecule has 3 heteroatoms. The van der Waals surface area contributed by atoms with Gasteiger partial charge in [-0.05, 0) is 20.8 Å². The minimum Gasteiger partial charge on any atom is -0.380 e. The molecule has 0 rings (SSSR count). The predicted octanol–water partition coefficient (Wildman–Crippen LogP) is 0.913. The molecule has 3 nitrogen and oxygen atoms in total. The van der Waals surface area contributed by atoms with E-state index in [0.29, 0.717) is 6.61 Å². The minimum absolute atomic E-state index is 0.0922. The summed E-state index contributed by atoms with van der Waals surface area (Å²) >= 11 is 0. The highest BCUT2D eigenvalue weighted by molar-refractivity contribution is 4.86. The Balaban J connectivity index is 3.37. The van der Waals surface area contributed by atoms with Crippen molar-refractivity contribution in [3.8, 4) is 6.07 Å². The van der Waals surface area contributed by atoms with Crippen LogP contribution in [0.4, 0.5) is 0 Å². The Morgan fingerprint density at radius 1 is 1.55 bits per heavy atom. The number of nitrogens with zero attached hydrogens (tertiary/aromatic N) is 1. The van der Waals surface area contributed by atoms with E-state index in [0.717, 1.165) is 6.61 Å². The van der Waals surface area contributed by atoms with Crippen molar-refractivity contribution in [2.45, 2.75) is 32.9 Å². The summed E-state index contributed by atoms with van der Waals surface area (Å²) in [5.41, 5.74) is 0. The average molecular weight is 156 g/mol. The lowest BCUT2D eigenvalue weighted by Crippen LogP contribution is -2.36. The molecule has 2 unspecified atom stereocenters. The van der Waals surface area contributed by atoms with Gasteiger partial charge in [0.05, 0.1) is 18.7 Å². The number of rotatable bonds is 5. The van der Waals surface area contributed by atoms with E-state index >= 15 is 0 Å². The van der Waals surface area contributed by atoms with Gasteiger partial charge in [0.2, 0.25) is 0 Å². The smallest absolute Gasteiger partial charge is 0.0927 e. The molecule has 0 bridgehead atoms. The van der Waals surface area contributed by atoms with Crippen molar-refractivity contribution in [1.82, 2.24) is 5.32 Å². The van der Waals surface area contributed by atoms with Crippen molar-refractivity contribution in [2.75, 3.05) is 13.2 Å². The lowest BCUT2D eigenvalue weighted by molar-refractivity contribution is 0.126. The van der Waals surface area contributed by atoms with Crippen LogP contribution in [0.3, 0.4) is 0 Å². The van der Waals surface area contributed by atoms with Gasteiger partial charge in [-0.15, -0.1) is 0 Å². The average Bonchev–Trinajstić information content (AvgIpc) is 2.00. The van der Waals surface area contributed by atoms with Crippen LogP contribution in [-0.2, 0) is 4.74 Å². The van der Waals surface area contributed by atoms with Crippen LogP contribution in [0.25, 0.3) is 0 Å². The molecule has 0 aromatic rings. The molecule has 0 spiro atoms. The first-order chi connectivity index (χ1) is 5.20. The van der Waals surface area contributed by atoms with Gasteiger partial charge in [-0.3, -0.25) is 5.32 Å². The molecule has 2 atom stereocenters. The maximum atomic E-state index is 8.46. The summed E-state index contributed by atoms with van der Waals surface area (Å²) in [6.45, 7) is 7.20. The van der Waals surface area contributed by atoms with Crippen molar-refractivity contribution in [2.24, 2.45) is 0 Å². The molecule has 0 radical (unpaired) electrons. The van der Waals surface area contributed by atoms with Crippen molar-refractivity contribution in [3.63, 3.8) is 0 Å². The Labute approximate surface area is 68.3 Å². The van der Waals surface area contributed by atoms with Gasteiger partial charge in [0.15, 0.2) is 0 Å². The first-order valence-electron chi connectivity index (χ1n) is 3.94. The number of ether oxygens (including phenoxy) is 1. The Morgan fingerprint density at radius 3 is 2.64 bits per heavy atom. The summed E-state index contributed by atoms with van der Waals surface area (Å²) in [7, 11) is 0. The van der Waals surface area contributed by atoms with E-state index in [1.54, 1.807) is 0 Å². The van der Waals surface area contributed by atoms with E-state index in [4.69, 9.17) is 10.00 Å². The second-order valence-electron chi connectivity index (χ2n) is 2.58. The molecule has 0 aliphatic rings. The highest BCUT2D eigenvalue weighted by atomic mass is 16.5. The number of hydrogen-bond acceptors (Lipinski definition) is 3. The van der Waals surface area contributed by atoms with Crippen LogP contribution in [0.5, 0.6) is 0 Å². The fourth-order valence-corrected chi connectivity index (χ4v) is 0.807. The molecule has 64 valence electrons. The summed E-state index contributed by atoms with van der Waals surface area (Å²) in [4.78, 5) is 0. The van der Waals surface area contributed by atoms with Gasteiger partial charge in [0.1, 0.15) is 0 Å². The zero-order valence-electron chi connectivity index (χ0n) is 7.42. The third kappa shape index (κ3) is 5.84. The predicted molar refractivity (Wildman–Crippen MR) is 44.2 cm³/mol. The summed E-state index contributed by atoms with van der Waals surface area (Å²) in [5.74, 6) is 0. The summed E-state index contributed by atoms with van der Waals surface area (Å²) < 4.78 is 5.17. The van der Waals surface area contributed by atoms with Crippen molar-refractivity contribution >= 4 is 0 Å². The second-order valence-corrected chi connectivity index (χ2v) is 2.58. The molecule has 0 fully saturated rings. The fourth-order valence-electron chi connectivity index (χ4n) is 0.807. The molecule has 0 saturated heterocycles. The first-order valence-corrected chi connectivity index (χ1v) is 3.94. The quantitative estimate of drug-likeness (QED) is 0.643. The van der Waals surface area contributed by atoms with Crippen LogP contribution < -0.4 is 5.32 Å². The SMILES string of the molecule is CCOCC(C)NC(C)C#N. The lowest BCUT2D eigenvalue weighted by atomic mass is 10.3. The molecular formula is C8H16N2O. The van der Waals surface area contributed by atoms with E-state index in [-0.39, 0.29) is 12.1 Å².